The summed E-state index contributed by atoms with van der Waals surface area (Å²) in [7, 11) is 0. The van der Waals surface area contributed by atoms with E-state index in [2.05, 4.69) is 15.3 Å². The lowest BCUT2D eigenvalue weighted by atomic mass is 10.0. The normalized spacial score (nSPS) is 18.9. The highest BCUT2D eigenvalue weighted by Crippen LogP contribution is 2.32. The number of urea groups is 1. The number of benzene rings is 1. The molecule has 0 radical (unpaired) electrons. The molecule has 1 saturated carbocycles. The van der Waals surface area contributed by atoms with Crippen LogP contribution in [0.2, 0.25) is 0 Å². The van der Waals surface area contributed by atoms with E-state index in [4.69, 9.17) is 0 Å². The lowest BCUT2D eigenvalue weighted by Gasteiger charge is -2.40. The van der Waals surface area contributed by atoms with Gasteiger partial charge in [0.05, 0.1) is 6.04 Å². The van der Waals surface area contributed by atoms with Crippen LogP contribution in [0.1, 0.15) is 31.2 Å². The van der Waals surface area contributed by atoms with Crippen LogP contribution in [-0.4, -0.2) is 51.2 Å². The van der Waals surface area contributed by atoms with E-state index in [1.165, 1.54) is 6.20 Å². The van der Waals surface area contributed by atoms with Crippen molar-refractivity contribution in [3.8, 4) is 6.01 Å². The number of piperidine rings is 1. The van der Waals surface area contributed by atoms with Gasteiger partial charge in [-0.1, -0.05) is 0 Å². The first kappa shape index (κ1) is 20.2. The Morgan fingerprint density at radius 2 is 1.93 bits per heavy atom. The molecule has 1 aromatic heterocycles. The van der Waals surface area contributed by atoms with Crippen molar-refractivity contribution in [2.75, 3.05) is 18.0 Å². The first-order valence-electron chi connectivity index (χ1n) is 9.89. The number of hydrogen-bond acceptors (Lipinski definition) is 5. The van der Waals surface area contributed by atoms with Gasteiger partial charge in [0.25, 0.3) is 0 Å². The van der Waals surface area contributed by atoms with E-state index in [-0.39, 0.29) is 36.2 Å². The molecular weight excluding hydrogens is 399 g/mol. The number of nitrogens with one attached hydrogen (secondary N) is 1. The van der Waals surface area contributed by atoms with Gasteiger partial charge in [0.1, 0.15) is 11.6 Å². The molecular formula is C20H22F3N5O2. The molecule has 0 spiro atoms. The zero-order chi connectivity index (χ0) is 21.3. The molecule has 1 saturated heterocycles. The Kier molecular flexibility index (Phi) is 5.65. The highest BCUT2D eigenvalue weighted by atomic mass is 19.2. The Morgan fingerprint density at radius 3 is 2.67 bits per heavy atom. The first-order chi connectivity index (χ1) is 14.4. The van der Waals surface area contributed by atoms with Crippen LogP contribution in [0.25, 0.3) is 0 Å². The van der Waals surface area contributed by atoms with Gasteiger partial charge >= 0.3 is 12.0 Å². The molecule has 2 heterocycles. The molecule has 4 rings (SSSR count). The fraction of sp³-hybridized carbons (Fsp3) is 0.450. The maximum Gasteiger partial charge on any atom is 0.318 e. The third-order valence-corrected chi connectivity index (χ3v) is 5.44. The Hall–Kier alpha value is -3.04. The van der Waals surface area contributed by atoms with Crippen molar-refractivity contribution in [2.45, 2.75) is 44.3 Å². The molecule has 1 aliphatic heterocycles. The van der Waals surface area contributed by atoms with Gasteiger partial charge in [-0.3, -0.25) is 0 Å². The number of carbonyl (C=O) groups is 1. The van der Waals surface area contributed by atoms with E-state index in [1.807, 2.05) is 4.90 Å². The minimum Gasteiger partial charge on any atom is -0.479 e. The summed E-state index contributed by atoms with van der Waals surface area (Å²) >= 11 is 0. The summed E-state index contributed by atoms with van der Waals surface area (Å²) < 4.78 is 40.4. The standard InChI is InChI=1S/C20H22F3N5O2/c21-15-9-17(23)16(22)8-12(15)10-25-20(30)28(13-3-4-13)14-2-1-7-27(11-14)18-5-6-24-19(29)26-18/h5-6,8-9,13-14H,1-4,7,10-11H2,(H,25,30)(H,24,26,29)/t14-/m1/s1. The Morgan fingerprint density at radius 1 is 1.17 bits per heavy atom. The zero-order valence-electron chi connectivity index (χ0n) is 16.2. The van der Waals surface area contributed by atoms with Crippen LogP contribution in [0, 0.1) is 17.5 Å². The highest BCUT2D eigenvalue weighted by Gasteiger charge is 2.39. The molecule has 2 fully saturated rings. The van der Waals surface area contributed by atoms with Crippen LogP contribution in [0.4, 0.5) is 23.8 Å². The van der Waals surface area contributed by atoms with Crippen LogP contribution in [0.3, 0.4) is 0 Å². The van der Waals surface area contributed by atoms with Gasteiger partial charge in [-0.25, -0.2) is 22.9 Å². The monoisotopic (exact) mass is 421 g/mol. The molecule has 2 aliphatic rings. The smallest absolute Gasteiger partial charge is 0.318 e. The summed E-state index contributed by atoms with van der Waals surface area (Å²) in [6.45, 7) is 1.05. The van der Waals surface area contributed by atoms with Gasteiger partial charge in [0.15, 0.2) is 11.6 Å². The zero-order valence-corrected chi connectivity index (χ0v) is 16.2. The number of hydrogen-bond donors (Lipinski definition) is 2. The molecule has 10 heteroatoms. The molecule has 160 valence electrons. The summed E-state index contributed by atoms with van der Waals surface area (Å²) in [6.07, 6.45) is 4.89. The van der Waals surface area contributed by atoms with E-state index in [0.717, 1.165) is 38.3 Å². The second-order valence-electron chi connectivity index (χ2n) is 7.61. The molecule has 0 bridgehead atoms. The summed E-state index contributed by atoms with van der Waals surface area (Å²) in [5.74, 6) is -2.73. The van der Waals surface area contributed by atoms with Crippen molar-refractivity contribution in [1.82, 2.24) is 20.2 Å². The maximum atomic E-state index is 13.9. The number of rotatable bonds is 5. The molecule has 1 aliphatic carbocycles. The molecule has 30 heavy (non-hydrogen) atoms. The number of anilines is 1. The van der Waals surface area contributed by atoms with Crippen molar-refractivity contribution < 1.29 is 23.1 Å². The largest absolute Gasteiger partial charge is 0.479 e. The number of aromatic hydroxyl groups is 1. The van der Waals surface area contributed by atoms with E-state index in [0.29, 0.717) is 18.4 Å². The van der Waals surface area contributed by atoms with Crippen LogP contribution < -0.4 is 10.2 Å². The number of aromatic nitrogens is 2. The van der Waals surface area contributed by atoms with Crippen LogP contribution >= 0.6 is 0 Å². The third kappa shape index (κ3) is 4.42. The highest BCUT2D eigenvalue weighted by molar-refractivity contribution is 5.75. The average molecular weight is 421 g/mol. The maximum absolute atomic E-state index is 13.9. The Bertz CT molecular complexity index is 941. The SMILES string of the molecule is O=C(NCc1cc(F)c(F)cc1F)N(C1CC1)[C@@H]1CCCN(c2ccnc(O)n2)C1. The second-order valence-corrected chi connectivity index (χ2v) is 7.61. The molecule has 2 aromatic rings. The van der Waals surface area contributed by atoms with Crippen molar-refractivity contribution in [3.63, 3.8) is 0 Å². The van der Waals surface area contributed by atoms with Gasteiger partial charge in [-0.15, -0.1) is 0 Å². The van der Waals surface area contributed by atoms with Gasteiger partial charge < -0.3 is 20.2 Å². The molecule has 1 aromatic carbocycles. The molecule has 2 amide bonds. The topological polar surface area (TPSA) is 81.6 Å². The van der Waals surface area contributed by atoms with Crippen LogP contribution in [-0.2, 0) is 6.54 Å². The lowest BCUT2D eigenvalue weighted by molar-refractivity contribution is 0.160. The molecule has 0 unspecified atom stereocenters. The van der Waals surface area contributed by atoms with Gasteiger partial charge in [0.2, 0.25) is 0 Å². The Balaban J connectivity index is 1.44. The Labute approximate surface area is 171 Å². The van der Waals surface area contributed by atoms with Crippen molar-refractivity contribution >= 4 is 11.8 Å². The summed E-state index contributed by atoms with van der Waals surface area (Å²) in [4.78, 5) is 24.4. The number of nitrogens with zero attached hydrogens (tertiary/aromatic N) is 4. The lowest BCUT2D eigenvalue weighted by Crippen LogP contribution is -2.54. The molecule has 2 N–H and O–H groups in total. The second kappa shape index (κ2) is 8.37. The van der Waals surface area contributed by atoms with E-state index < -0.39 is 17.5 Å². The van der Waals surface area contributed by atoms with Gasteiger partial charge in [-0.2, -0.15) is 4.98 Å². The molecule has 1 atom stereocenters. The summed E-state index contributed by atoms with van der Waals surface area (Å²) in [6, 6.07) is 2.29. The first-order valence-corrected chi connectivity index (χ1v) is 9.89. The van der Waals surface area contributed by atoms with Crippen LogP contribution in [0.5, 0.6) is 6.01 Å². The number of halogens is 3. The number of carbonyl (C=O) groups excluding carboxylic acids is 1. The van der Waals surface area contributed by atoms with Crippen molar-refractivity contribution in [3.05, 3.63) is 47.4 Å². The summed E-state index contributed by atoms with van der Waals surface area (Å²) in [5.41, 5.74) is -0.111. The molecule has 7 nitrogen and oxygen atoms in total. The number of amides is 2. The van der Waals surface area contributed by atoms with E-state index >= 15 is 0 Å². The predicted molar refractivity (Wildman–Crippen MR) is 102 cm³/mol. The minimum absolute atomic E-state index is 0.0850. The quantitative estimate of drug-likeness (QED) is 0.726. The van der Waals surface area contributed by atoms with E-state index in [1.54, 1.807) is 11.0 Å². The third-order valence-electron chi connectivity index (χ3n) is 5.44. The van der Waals surface area contributed by atoms with Crippen molar-refractivity contribution in [1.29, 1.82) is 0 Å². The van der Waals surface area contributed by atoms with Gasteiger partial charge in [-0.05, 0) is 37.8 Å². The average Bonchev–Trinajstić information content (AvgIpc) is 3.55. The fourth-order valence-corrected chi connectivity index (χ4v) is 3.85. The van der Waals surface area contributed by atoms with E-state index in [9.17, 15) is 23.1 Å². The minimum atomic E-state index is -1.26. The van der Waals surface area contributed by atoms with Crippen LogP contribution in [0.15, 0.2) is 24.4 Å². The van der Waals surface area contributed by atoms with Gasteiger partial charge in [0, 0.05) is 43.5 Å². The predicted octanol–water partition coefficient (Wildman–Crippen LogP) is 2.94. The van der Waals surface area contributed by atoms with Crippen molar-refractivity contribution in [2.24, 2.45) is 0 Å². The summed E-state index contributed by atoms with van der Waals surface area (Å²) in [5, 5.41) is 12.2. The fourth-order valence-electron chi connectivity index (χ4n) is 3.85.